The van der Waals surface area contributed by atoms with Crippen LogP contribution in [0.15, 0.2) is 65.3 Å². The Bertz CT molecular complexity index is 1490. The zero-order chi connectivity index (χ0) is 25.9. The van der Waals surface area contributed by atoms with E-state index in [2.05, 4.69) is 32.4 Å². The van der Waals surface area contributed by atoms with Crippen LogP contribution >= 0.6 is 27.5 Å². The van der Waals surface area contributed by atoms with E-state index in [1.54, 1.807) is 10.7 Å². The Morgan fingerprint density at radius 1 is 1.22 bits per heavy atom. The molecule has 7 nitrogen and oxygen atoms in total. The fourth-order valence-corrected chi connectivity index (χ4v) is 5.24. The molecule has 0 radical (unpaired) electrons. The summed E-state index contributed by atoms with van der Waals surface area (Å²) in [5, 5.41) is 17.9. The molecule has 2 aromatic carbocycles. The maximum Gasteiger partial charge on any atom is 0.253 e. The number of hydrogen-bond acceptors (Lipinski definition) is 5. The second kappa shape index (κ2) is 10.9. The fraction of sp³-hybridized carbons (Fsp3) is 0.286. The van der Waals surface area contributed by atoms with Crippen LogP contribution in [0.4, 0.5) is 5.82 Å². The molecule has 1 N–H and O–H groups in total. The predicted molar refractivity (Wildman–Crippen MR) is 149 cm³/mol. The van der Waals surface area contributed by atoms with Gasteiger partial charge in [-0.3, -0.25) is 4.79 Å². The number of aromatic nitrogens is 3. The maximum atomic E-state index is 13.1. The van der Waals surface area contributed by atoms with Crippen LogP contribution in [0.1, 0.15) is 41.6 Å². The van der Waals surface area contributed by atoms with Crippen LogP contribution < -0.4 is 5.32 Å². The van der Waals surface area contributed by atoms with Crippen molar-refractivity contribution < 1.29 is 4.79 Å². The number of likely N-dealkylation sites (tertiary alicyclic amines) is 1. The van der Waals surface area contributed by atoms with Gasteiger partial charge >= 0.3 is 0 Å². The summed E-state index contributed by atoms with van der Waals surface area (Å²) in [7, 11) is 0. The number of piperidine rings is 1. The number of nitriles is 1. The van der Waals surface area contributed by atoms with Gasteiger partial charge < -0.3 is 10.2 Å². The van der Waals surface area contributed by atoms with Crippen LogP contribution in [0.5, 0.6) is 0 Å². The Hall–Kier alpha value is -3.41. The Balaban J connectivity index is 1.26. The highest BCUT2D eigenvalue weighted by atomic mass is 79.9. The molecule has 0 bridgehead atoms. The molecule has 188 valence electrons. The summed E-state index contributed by atoms with van der Waals surface area (Å²) >= 11 is 10.00. The second-order valence-electron chi connectivity index (χ2n) is 9.33. The van der Waals surface area contributed by atoms with Crippen LogP contribution in [0.3, 0.4) is 0 Å². The van der Waals surface area contributed by atoms with Crippen molar-refractivity contribution in [2.45, 2.75) is 25.7 Å². The molecule has 0 saturated carbocycles. The van der Waals surface area contributed by atoms with Crippen molar-refractivity contribution in [3.05, 3.63) is 81.4 Å². The largest absolute Gasteiger partial charge is 0.370 e. The van der Waals surface area contributed by atoms with Crippen molar-refractivity contribution in [2.75, 3.05) is 25.0 Å². The molecule has 1 amide bonds. The molecule has 1 fully saturated rings. The zero-order valence-corrected chi connectivity index (χ0v) is 22.7. The number of hydrogen-bond donors (Lipinski definition) is 1. The number of benzene rings is 2. The number of nitrogens with one attached hydrogen (secondary N) is 1. The third-order valence-electron chi connectivity index (χ3n) is 6.88. The summed E-state index contributed by atoms with van der Waals surface area (Å²) < 4.78 is 2.60. The minimum absolute atomic E-state index is 0.0278. The molecular weight excluding hydrogens is 552 g/mol. The highest BCUT2D eigenvalue weighted by Gasteiger charge is 2.24. The van der Waals surface area contributed by atoms with Gasteiger partial charge in [0.15, 0.2) is 5.65 Å². The van der Waals surface area contributed by atoms with Crippen LogP contribution in [0, 0.1) is 17.2 Å². The lowest BCUT2D eigenvalue weighted by Gasteiger charge is -2.32. The second-order valence-corrected chi connectivity index (χ2v) is 10.6. The molecule has 3 heterocycles. The number of rotatable bonds is 6. The van der Waals surface area contributed by atoms with E-state index in [0.29, 0.717) is 35.2 Å². The van der Waals surface area contributed by atoms with Crippen LogP contribution in [-0.4, -0.2) is 45.0 Å². The van der Waals surface area contributed by atoms with Gasteiger partial charge in [0.1, 0.15) is 5.82 Å². The highest BCUT2D eigenvalue weighted by Crippen LogP contribution is 2.31. The first kappa shape index (κ1) is 25.2. The summed E-state index contributed by atoms with van der Waals surface area (Å²) in [4.78, 5) is 19.8. The van der Waals surface area contributed by atoms with E-state index in [-0.39, 0.29) is 11.8 Å². The van der Waals surface area contributed by atoms with E-state index >= 15 is 0 Å². The van der Waals surface area contributed by atoms with Crippen LogP contribution in [0.2, 0.25) is 5.02 Å². The Morgan fingerprint density at radius 3 is 2.76 bits per heavy atom. The SMILES string of the molecule is CC(C#N)c1cccc(C(=O)N2CCC(CNc3cc(-c4ccccc4Cl)nc4c(Br)cnn34)CC2)c1. The van der Waals surface area contributed by atoms with E-state index in [4.69, 9.17) is 16.6 Å². The Kier molecular flexibility index (Phi) is 7.45. The summed E-state index contributed by atoms with van der Waals surface area (Å²) in [6.07, 6.45) is 3.54. The quantitative estimate of drug-likeness (QED) is 0.286. The van der Waals surface area contributed by atoms with Crippen molar-refractivity contribution in [3.8, 4) is 17.3 Å². The lowest BCUT2D eigenvalue weighted by atomic mass is 9.95. The van der Waals surface area contributed by atoms with Crippen molar-refractivity contribution in [1.82, 2.24) is 19.5 Å². The third-order valence-corrected chi connectivity index (χ3v) is 7.77. The average molecular weight is 578 g/mol. The number of carbonyl (C=O) groups is 1. The zero-order valence-electron chi connectivity index (χ0n) is 20.4. The summed E-state index contributed by atoms with van der Waals surface area (Å²) in [6.45, 7) is 4.01. The molecule has 1 aliphatic heterocycles. The lowest BCUT2D eigenvalue weighted by Crippen LogP contribution is -2.40. The smallest absolute Gasteiger partial charge is 0.253 e. The number of nitrogens with zero attached hydrogens (tertiary/aromatic N) is 5. The van der Waals surface area contributed by atoms with E-state index in [9.17, 15) is 10.1 Å². The molecule has 5 rings (SSSR count). The summed E-state index contributed by atoms with van der Waals surface area (Å²) in [5.41, 5.74) is 3.87. The van der Waals surface area contributed by atoms with Crippen molar-refractivity contribution >= 4 is 44.9 Å². The van der Waals surface area contributed by atoms with Gasteiger partial charge in [0.25, 0.3) is 5.91 Å². The molecule has 0 aliphatic carbocycles. The van der Waals surface area contributed by atoms with Crippen LogP contribution in [-0.2, 0) is 0 Å². The molecule has 0 spiro atoms. The Labute approximate surface area is 229 Å². The first-order chi connectivity index (χ1) is 17.9. The van der Waals surface area contributed by atoms with E-state index < -0.39 is 0 Å². The summed E-state index contributed by atoms with van der Waals surface area (Å²) in [5.74, 6) is 1.05. The molecule has 1 saturated heterocycles. The number of anilines is 1. The van der Waals surface area contributed by atoms with Crippen molar-refractivity contribution in [1.29, 1.82) is 5.26 Å². The topological polar surface area (TPSA) is 86.3 Å². The average Bonchev–Trinajstić information content (AvgIpc) is 3.32. The third kappa shape index (κ3) is 5.34. The molecule has 1 unspecified atom stereocenters. The van der Waals surface area contributed by atoms with E-state index in [1.807, 2.05) is 66.4 Å². The minimum atomic E-state index is -0.238. The van der Waals surface area contributed by atoms with Crippen LogP contribution in [0.25, 0.3) is 16.9 Å². The van der Waals surface area contributed by atoms with Crippen molar-refractivity contribution in [2.24, 2.45) is 5.92 Å². The molecule has 37 heavy (non-hydrogen) atoms. The predicted octanol–water partition coefficient (Wildman–Crippen LogP) is 6.40. The van der Waals surface area contributed by atoms with Gasteiger partial charge in [-0.05, 0) is 65.4 Å². The van der Waals surface area contributed by atoms with Gasteiger partial charge in [-0.1, -0.05) is 41.9 Å². The summed E-state index contributed by atoms with van der Waals surface area (Å²) in [6, 6.07) is 19.3. The number of fused-ring (bicyclic) bond motifs is 1. The number of amides is 1. The standard InChI is InChI=1S/C28H26BrClN6O/c1-18(15-31)20-5-4-6-21(13-20)28(37)35-11-9-19(10-12-35)16-32-26-14-25(22-7-2-3-8-24(22)30)34-27-23(29)17-33-36(26)27/h2-8,13-14,17-19,32H,9-12,16H2,1H3. The normalized spacial score (nSPS) is 14.9. The molecule has 1 atom stereocenters. The Morgan fingerprint density at radius 2 is 2.00 bits per heavy atom. The lowest BCUT2D eigenvalue weighted by molar-refractivity contribution is 0.0695. The fourth-order valence-electron chi connectivity index (χ4n) is 4.66. The molecule has 4 aromatic rings. The van der Waals surface area contributed by atoms with Gasteiger partial charge in [0.2, 0.25) is 0 Å². The maximum absolute atomic E-state index is 13.1. The van der Waals surface area contributed by atoms with Gasteiger partial charge in [-0.25, -0.2) is 4.98 Å². The van der Waals surface area contributed by atoms with E-state index in [1.165, 1.54) is 0 Å². The van der Waals surface area contributed by atoms with E-state index in [0.717, 1.165) is 46.5 Å². The molecule has 9 heteroatoms. The first-order valence-corrected chi connectivity index (χ1v) is 13.4. The van der Waals surface area contributed by atoms with Gasteiger partial charge in [0.05, 0.1) is 28.4 Å². The van der Waals surface area contributed by atoms with Crippen molar-refractivity contribution in [3.63, 3.8) is 0 Å². The molecule has 2 aromatic heterocycles. The van der Waals surface area contributed by atoms with Gasteiger partial charge in [-0.15, -0.1) is 0 Å². The minimum Gasteiger partial charge on any atom is -0.370 e. The van der Waals surface area contributed by atoms with Gasteiger partial charge in [0, 0.05) is 41.9 Å². The highest BCUT2D eigenvalue weighted by molar-refractivity contribution is 9.10. The number of halogens is 2. The first-order valence-electron chi connectivity index (χ1n) is 12.3. The number of carbonyl (C=O) groups excluding carboxylic acids is 1. The van der Waals surface area contributed by atoms with Gasteiger partial charge in [-0.2, -0.15) is 14.9 Å². The molecule has 1 aliphatic rings. The molecular formula is C28H26BrClN6O. The monoisotopic (exact) mass is 576 g/mol.